The second-order valence-corrected chi connectivity index (χ2v) is 7.04. The average molecular weight is 399 g/mol. The van der Waals surface area contributed by atoms with Crippen LogP contribution in [0, 0.1) is 6.92 Å². The van der Waals surface area contributed by atoms with Crippen LogP contribution in [0.15, 0.2) is 47.0 Å². The highest BCUT2D eigenvalue weighted by molar-refractivity contribution is 6.33. The number of aryl methyl sites for hydroxylation is 1. The summed E-state index contributed by atoms with van der Waals surface area (Å²) in [6.07, 6.45) is -0.0117. The summed E-state index contributed by atoms with van der Waals surface area (Å²) >= 11 is 6.24. The number of nitrogens with zero attached hydrogens (tertiary/aromatic N) is 1. The number of ether oxygens (including phenoxy) is 1. The molecule has 144 valence electrons. The van der Waals surface area contributed by atoms with Gasteiger partial charge in [-0.15, -0.1) is 0 Å². The normalized spacial score (nSPS) is 13.7. The van der Waals surface area contributed by atoms with Crippen LogP contribution in [-0.2, 0) is 6.42 Å². The van der Waals surface area contributed by atoms with Gasteiger partial charge < -0.3 is 19.7 Å². The van der Waals surface area contributed by atoms with E-state index in [4.69, 9.17) is 20.9 Å². The Kier molecular flexibility index (Phi) is 5.07. The van der Waals surface area contributed by atoms with Gasteiger partial charge >= 0.3 is 0 Å². The second kappa shape index (κ2) is 7.66. The first-order valence-electron chi connectivity index (χ1n) is 8.97. The van der Waals surface area contributed by atoms with Crippen molar-refractivity contribution < 1.29 is 19.2 Å². The molecule has 4 rings (SSSR count). The van der Waals surface area contributed by atoms with Gasteiger partial charge in [0.1, 0.15) is 22.8 Å². The van der Waals surface area contributed by atoms with Gasteiger partial charge in [-0.2, -0.15) is 0 Å². The van der Waals surface area contributed by atoms with Crippen LogP contribution >= 0.6 is 11.6 Å². The van der Waals surface area contributed by atoms with Gasteiger partial charge in [0.25, 0.3) is 5.91 Å². The smallest absolute Gasteiger partial charge is 0.257 e. The largest absolute Gasteiger partial charge is 0.493 e. The van der Waals surface area contributed by atoms with Crippen molar-refractivity contribution in [3.8, 4) is 17.0 Å². The van der Waals surface area contributed by atoms with Gasteiger partial charge in [-0.05, 0) is 36.2 Å². The summed E-state index contributed by atoms with van der Waals surface area (Å²) in [6.45, 7) is 2.38. The number of aliphatic hydroxyl groups excluding tert-OH is 1. The van der Waals surface area contributed by atoms with E-state index in [0.29, 0.717) is 34.2 Å². The van der Waals surface area contributed by atoms with Gasteiger partial charge in [0, 0.05) is 18.5 Å². The molecule has 1 aliphatic heterocycles. The molecule has 28 heavy (non-hydrogen) atoms. The fraction of sp³-hybridized carbons (Fsp3) is 0.238. The van der Waals surface area contributed by atoms with Crippen molar-refractivity contribution in [2.75, 3.05) is 13.2 Å². The lowest BCUT2D eigenvalue weighted by Crippen LogP contribution is -2.29. The Morgan fingerprint density at radius 1 is 1.32 bits per heavy atom. The number of benzene rings is 2. The molecule has 0 saturated heterocycles. The molecular formula is C21H19ClN2O4. The summed E-state index contributed by atoms with van der Waals surface area (Å²) < 4.78 is 10.7. The molecule has 1 unspecified atom stereocenters. The molecule has 0 spiro atoms. The number of aromatic nitrogens is 1. The predicted molar refractivity (Wildman–Crippen MR) is 105 cm³/mol. The molecule has 0 saturated carbocycles. The summed E-state index contributed by atoms with van der Waals surface area (Å²) in [6, 6.07) is 12.7. The van der Waals surface area contributed by atoms with E-state index >= 15 is 0 Å². The topological polar surface area (TPSA) is 84.6 Å². The highest BCUT2D eigenvalue weighted by Crippen LogP contribution is 2.31. The Labute approximate surface area is 167 Å². The monoisotopic (exact) mass is 398 g/mol. The number of hydrogen-bond acceptors (Lipinski definition) is 5. The molecule has 0 fully saturated rings. The van der Waals surface area contributed by atoms with Crippen LogP contribution in [0.2, 0.25) is 5.02 Å². The van der Waals surface area contributed by atoms with Gasteiger partial charge in [0.05, 0.1) is 17.7 Å². The summed E-state index contributed by atoms with van der Waals surface area (Å²) in [5.74, 6) is 0.860. The van der Waals surface area contributed by atoms with Crippen LogP contribution in [0.5, 0.6) is 5.75 Å². The van der Waals surface area contributed by atoms with Crippen LogP contribution in [0.25, 0.3) is 11.3 Å². The van der Waals surface area contributed by atoms with E-state index in [2.05, 4.69) is 10.5 Å². The van der Waals surface area contributed by atoms with Crippen molar-refractivity contribution in [2.45, 2.75) is 19.4 Å². The molecule has 0 radical (unpaired) electrons. The molecule has 3 aromatic rings. The first kappa shape index (κ1) is 18.5. The van der Waals surface area contributed by atoms with E-state index in [-0.39, 0.29) is 12.5 Å². The zero-order valence-corrected chi connectivity index (χ0v) is 16.0. The number of amides is 1. The Morgan fingerprint density at radius 2 is 2.14 bits per heavy atom. The van der Waals surface area contributed by atoms with Crippen molar-refractivity contribution in [2.24, 2.45) is 0 Å². The first-order valence-corrected chi connectivity index (χ1v) is 9.35. The number of carbonyl (C=O) groups excluding carboxylic acids is 1. The molecule has 1 atom stereocenters. The molecule has 1 aliphatic rings. The maximum absolute atomic E-state index is 12.8. The van der Waals surface area contributed by atoms with Gasteiger partial charge in [-0.25, -0.2) is 0 Å². The average Bonchev–Trinajstić information content (AvgIpc) is 3.32. The number of nitrogens with one attached hydrogen (secondary N) is 1. The predicted octanol–water partition coefficient (Wildman–Crippen LogP) is 3.70. The van der Waals surface area contributed by atoms with E-state index in [1.165, 1.54) is 0 Å². The zero-order chi connectivity index (χ0) is 19.7. The number of aliphatic hydroxyl groups is 1. The van der Waals surface area contributed by atoms with Gasteiger partial charge in [0.15, 0.2) is 0 Å². The quantitative estimate of drug-likeness (QED) is 0.684. The van der Waals surface area contributed by atoms with Crippen LogP contribution in [0.3, 0.4) is 0 Å². The van der Waals surface area contributed by atoms with Gasteiger partial charge in [-0.1, -0.05) is 41.0 Å². The minimum absolute atomic E-state index is 0.0606. The molecule has 2 heterocycles. The first-order chi connectivity index (χ1) is 13.5. The lowest BCUT2D eigenvalue weighted by atomic mass is 10.0. The highest BCUT2D eigenvalue weighted by Gasteiger charge is 2.24. The van der Waals surface area contributed by atoms with Gasteiger partial charge in [-0.3, -0.25) is 4.79 Å². The minimum atomic E-state index is -0.834. The molecule has 2 N–H and O–H groups in total. The minimum Gasteiger partial charge on any atom is -0.493 e. The standard InChI is InChI=1S/C21H19ClN2O4/c1-12-19(20(24-28-12)15-4-2-3-5-16(15)22)21(26)23-11-17(25)13-6-7-18-14(10-13)8-9-27-18/h2-7,10,17,25H,8-9,11H2,1H3,(H,23,26). The van der Waals surface area contributed by atoms with Crippen LogP contribution in [0.4, 0.5) is 0 Å². The Morgan fingerprint density at radius 3 is 2.96 bits per heavy atom. The Balaban J connectivity index is 1.50. The third-order valence-corrected chi connectivity index (χ3v) is 5.10. The van der Waals surface area contributed by atoms with Crippen molar-refractivity contribution in [3.05, 3.63) is 69.9 Å². The van der Waals surface area contributed by atoms with Crippen molar-refractivity contribution in [1.82, 2.24) is 10.5 Å². The molecule has 1 aromatic heterocycles. The van der Waals surface area contributed by atoms with E-state index in [0.717, 1.165) is 23.3 Å². The van der Waals surface area contributed by atoms with Crippen molar-refractivity contribution >= 4 is 17.5 Å². The molecule has 1 amide bonds. The maximum Gasteiger partial charge on any atom is 0.257 e. The fourth-order valence-electron chi connectivity index (χ4n) is 3.29. The molecule has 6 nitrogen and oxygen atoms in total. The number of fused-ring (bicyclic) bond motifs is 1. The van der Waals surface area contributed by atoms with Gasteiger partial charge in [0.2, 0.25) is 0 Å². The van der Waals surface area contributed by atoms with Crippen molar-refractivity contribution in [1.29, 1.82) is 0 Å². The van der Waals surface area contributed by atoms with E-state index in [1.807, 2.05) is 18.2 Å². The molecule has 2 aromatic carbocycles. The number of halogens is 1. The SMILES string of the molecule is Cc1onc(-c2ccccc2Cl)c1C(=O)NCC(O)c1ccc2c(c1)CCO2. The van der Waals surface area contributed by atoms with E-state index < -0.39 is 6.10 Å². The highest BCUT2D eigenvalue weighted by atomic mass is 35.5. The second-order valence-electron chi connectivity index (χ2n) is 6.63. The van der Waals surface area contributed by atoms with Crippen LogP contribution < -0.4 is 10.1 Å². The maximum atomic E-state index is 12.8. The summed E-state index contributed by atoms with van der Waals surface area (Å²) in [5, 5.41) is 17.7. The third kappa shape index (κ3) is 3.48. The number of rotatable bonds is 5. The number of hydrogen-bond donors (Lipinski definition) is 2. The third-order valence-electron chi connectivity index (χ3n) is 4.77. The lowest BCUT2D eigenvalue weighted by molar-refractivity contribution is 0.0915. The summed E-state index contributed by atoms with van der Waals surface area (Å²) in [4.78, 5) is 12.8. The molecular weight excluding hydrogens is 380 g/mol. The van der Waals surface area contributed by atoms with E-state index in [1.54, 1.807) is 31.2 Å². The summed E-state index contributed by atoms with van der Waals surface area (Å²) in [7, 11) is 0. The van der Waals surface area contributed by atoms with Crippen LogP contribution in [-0.4, -0.2) is 29.3 Å². The lowest BCUT2D eigenvalue weighted by Gasteiger charge is -2.13. The Hall–Kier alpha value is -2.83. The van der Waals surface area contributed by atoms with Crippen molar-refractivity contribution in [3.63, 3.8) is 0 Å². The summed E-state index contributed by atoms with van der Waals surface area (Å²) in [5.41, 5.74) is 3.11. The molecule has 7 heteroatoms. The van der Waals surface area contributed by atoms with Crippen LogP contribution in [0.1, 0.15) is 33.3 Å². The number of carbonyl (C=O) groups is 1. The molecule has 0 aliphatic carbocycles. The zero-order valence-electron chi connectivity index (χ0n) is 15.2. The Bertz CT molecular complexity index is 1030. The molecule has 0 bridgehead atoms. The van der Waals surface area contributed by atoms with E-state index in [9.17, 15) is 9.90 Å². The fourth-order valence-corrected chi connectivity index (χ4v) is 3.51.